The number of hydrogen-bond acceptors (Lipinski definition) is 3. The summed E-state index contributed by atoms with van der Waals surface area (Å²) in [5.41, 5.74) is 0.616. The number of amides is 1. The SMILES string of the molecule is COc1ccncc1NC(=O)CC(C)C. The molecule has 1 N–H and O–H groups in total. The van der Waals surface area contributed by atoms with Crippen molar-refractivity contribution in [3.8, 4) is 5.75 Å². The van der Waals surface area contributed by atoms with E-state index in [1.165, 1.54) is 0 Å². The minimum atomic E-state index is -0.0173. The van der Waals surface area contributed by atoms with E-state index in [4.69, 9.17) is 4.74 Å². The fourth-order valence-electron chi connectivity index (χ4n) is 1.23. The average molecular weight is 208 g/mol. The molecule has 1 amide bonds. The second-order valence-electron chi connectivity index (χ2n) is 3.72. The van der Waals surface area contributed by atoms with E-state index in [2.05, 4.69) is 10.3 Å². The van der Waals surface area contributed by atoms with Crippen molar-refractivity contribution in [3.63, 3.8) is 0 Å². The van der Waals surface area contributed by atoms with E-state index in [1.54, 1.807) is 25.6 Å². The largest absolute Gasteiger partial charge is 0.494 e. The van der Waals surface area contributed by atoms with Crippen LogP contribution in [0.5, 0.6) is 5.75 Å². The highest BCUT2D eigenvalue weighted by Gasteiger charge is 2.08. The van der Waals surface area contributed by atoms with Crippen molar-refractivity contribution in [2.75, 3.05) is 12.4 Å². The van der Waals surface area contributed by atoms with Crippen molar-refractivity contribution < 1.29 is 9.53 Å². The molecule has 0 bridgehead atoms. The van der Waals surface area contributed by atoms with E-state index in [-0.39, 0.29) is 5.91 Å². The molecule has 0 unspecified atom stereocenters. The maximum absolute atomic E-state index is 11.5. The minimum absolute atomic E-state index is 0.0173. The number of carbonyl (C=O) groups is 1. The number of hydrogen-bond donors (Lipinski definition) is 1. The highest BCUT2D eigenvalue weighted by molar-refractivity contribution is 5.92. The summed E-state index contributed by atoms with van der Waals surface area (Å²) < 4.78 is 5.10. The smallest absolute Gasteiger partial charge is 0.224 e. The number of pyridine rings is 1. The monoisotopic (exact) mass is 208 g/mol. The van der Waals surface area contributed by atoms with Gasteiger partial charge in [-0.3, -0.25) is 9.78 Å². The van der Waals surface area contributed by atoms with E-state index in [0.29, 0.717) is 23.8 Å². The Balaban J connectivity index is 2.67. The predicted octanol–water partition coefficient (Wildman–Crippen LogP) is 2.07. The summed E-state index contributed by atoms with van der Waals surface area (Å²) in [5.74, 6) is 0.950. The number of rotatable bonds is 4. The van der Waals surface area contributed by atoms with Gasteiger partial charge in [0.1, 0.15) is 11.4 Å². The van der Waals surface area contributed by atoms with Gasteiger partial charge in [0, 0.05) is 18.7 Å². The van der Waals surface area contributed by atoms with Crippen LogP contribution >= 0.6 is 0 Å². The number of carbonyl (C=O) groups excluding carboxylic acids is 1. The Morgan fingerprint density at radius 3 is 2.93 bits per heavy atom. The third-order valence-corrected chi connectivity index (χ3v) is 1.87. The highest BCUT2D eigenvalue weighted by Crippen LogP contribution is 2.22. The summed E-state index contributed by atoms with van der Waals surface area (Å²) in [6.07, 6.45) is 3.70. The molecule has 0 spiro atoms. The zero-order chi connectivity index (χ0) is 11.3. The van der Waals surface area contributed by atoms with Crippen LogP contribution in [0.25, 0.3) is 0 Å². The molecule has 0 aliphatic heterocycles. The first-order valence-corrected chi connectivity index (χ1v) is 4.91. The summed E-state index contributed by atoms with van der Waals surface area (Å²) >= 11 is 0. The van der Waals surface area contributed by atoms with Gasteiger partial charge in [-0.05, 0) is 5.92 Å². The molecular weight excluding hydrogens is 192 g/mol. The quantitative estimate of drug-likeness (QED) is 0.824. The Labute approximate surface area is 89.7 Å². The molecule has 0 radical (unpaired) electrons. The molecule has 1 rings (SSSR count). The summed E-state index contributed by atoms with van der Waals surface area (Å²) in [4.78, 5) is 15.4. The highest BCUT2D eigenvalue weighted by atomic mass is 16.5. The molecule has 15 heavy (non-hydrogen) atoms. The van der Waals surface area contributed by atoms with Crippen LogP contribution in [0.3, 0.4) is 0 Å². The number of anilines is 1. The van der Waals surface area contributed by atoms with Crippen molar-refractivity contribution >= 4 is 11.6 Å². The maximum atomic E-state index is 11.5. The van der Waals surface area contributed by atoms with Crippen molar-refractivity contribution in [1.82, 2.24) is 4.98 Å². The lowest BCUT2D eigenvalue weighted by atomic mass is 10.1. The third-order valence-electron chi connectivity index (χ3n) is 1.87. The topological polar surface area (TPSA) is 51.2 Å². The standard InChI is InChI=1S/C11H16N2O2/c1-8(2)6-11(14)13-9-7-12-5-4-10(9)15-3/h4-5,7-8H,6H2,1-3H3,(H,13,14). The first-order valence-electron chi connectivity index (χ1n) is 4.91. The zero-order valence-electron chi connectivity index (χ0n) is 9.28. The van der Waals surface area contributed by atoms with Crippen molar-refractivity contribution in [2.45, 2.75) is 20.3 Å². The van der Waals surface area contributed by atoms with Crippen LogP contribution in [-0.2, 0) is 4.79 Å². The lowest BCUT2D eigenvalue weighted by Gasteiger charge is -2.10. The average Bonchev–Trinajstić information content (AvgIpc) is 2.17. The fraction of sp³-hybridized carbons (Fsp3) is 0.455. The first kappa shape index (κ1) is 11.5. The Kier molecular flexibility index (Phi) is 4.09. The van der Waals surface area contributed by atoms with Gasteiger partial charge in [0.05, 0.1) is 13.3 Å². The van der Waals surface area contributed by atoms with Crippen molar-refractivity contribution in [3.05, 3.63) is 18.5 Å². The predicted molar refractivity (Wildman–Crippen MR) is 58.9 cm³/mol. The van der Waals surface area contributed by atoms with Crippen LogP contribution in [0.2, 0.25) is 0 Å². The van der Waals surface area contributed by atoms with Crippen LogP contribution in [0.4, 0.5) is 5.69 Å². The molecule has 0 atom stereocenters. The van der Waals surface area contributed by atoms with Gasteiger partial charge in [-0.25, -0.2) is 0 Å². The van der Waals surface area contributed by atoms with Crippen LogP contribution in [0.15, 0.2) is 18.5 Å². The summed E-state index contributed by atoms with van der Waals surface area (Å²) in [5, 5.41) is 2.77. The molecule has 82 valence electrons. The number of methoxy groups -OCH3 is 1. The molecule has 4 nitrogen and oxygen atoms in total. The Bertz CT molecular complexity index is 337. The van der Waals surface area contributed by atoms with E-state index < -0.39 is 0 Å². The van der Waals surface area contributed by atoms with E-state index in [0.717, 1.165) is 0 Å². The van der Waals surface area contributed by atoms with Gasteiger partial charge < -0.3 is 10.1 Å². The lowest BCUT2D eigenvalue weighted by Crippen LogP contribution is -2.14. The number of nitrogens with one attached hydrogen (secondary N) is 1. The molecule has 0 aliphatic carbocycles. The summed E-state index contributed by atoms with van der Waals surface area (Å²) in [6, 6.07) is 1.71. The van der Waals surface area contributed by atoms with Crippen LogP contribution < -0.4 is 10.1 Å². The van der Waals surface area contributed by atoms with Gasteiger partial charge >= 0.3 is 0 Å². The maximum Gasteiger partial charge on any atom is 0.224 e. The van der Waals surface area contributed by atoms with E-state index in [9.17, 15) is 4.79 Å². The summed E-state index contributed by atoms with van der Waals surface area (Å²) in [7, 11) is 1.56. The number of ether oxygens (including phenoxy) is 1. The van der Waals surface area contributed by atoms with Gasteiger partial charge in [-0.1, -0.05) is 13.8 Å². The number of aromatic nitrogens is 1. The van der Waals surface area contributed by atoms with Gasteiger partial charge in [0.15, 0.2) is 0 Å². The Hall–Kier alpha value is -1.58. The molecule has 0 aliphatic rings. The molecule has 0 saturated carbocycles. The third kappa shape index (κ3) is 3.58. The van der Waals surface area contributed by atoms with Crippen LogP contribution in [0.1, 0.15) is 20.3 Å². The first-order chi connectivity index (χ1) is 7.13. The van der Waals surface area contributed by atoms with Crippen molar-refractivity contribution in [1.29, 1.82) is 0 Å². The van der Waals surface area contributed by atoms with Gasteiger partial charge in [-0.15, -0.1) is 0 Å². The molecule has 0 aromatic carbocycles. The molecule has 1 aromatic heterocycles. The Morgan fingerprint density at radius 1 is 1.60 bits per heavy atom. The number of nitrogens with zero attached hydrogens (tertiary/aromatic N) is 1. The fourth-order valence-corrected chi connectivity index (χ4v) is 1.23. The zero-order valence-corrected chi connectivity index (χ0v) is 9.28. The molecular formula is C11H16N2O2. The van der Waals surface area contributed by atoms with Gasteiger partial charge in [0.25, 0.3) is 0 Å². The molecule has 0 fully saturated rings. The van der Waals surface area contributed by atoms with Gasteiger partial charge in [-0.2, -0.15) is 0 Å². The minimum Gasteiger partial charge on any atom is -0.494 e. The second kappa shape index (κ2) is 5.34. The molecule has 4 heteroatoms. The van der Waals surface area contributed by atoms with Crippen LogP contribution in [0, 0.1) is 5.92 Å². The van der Waals surface area contributed by atoms with Crippen LogP contribution in [-0.4, -0.2) is 18.0 Å². The molecule has 1 aromatic rings. The van der Waals surface area contributed by atoms with E-state index >= 15 is 0 Å². The van der Waals surface area contributed by atoms with Crippen molar-refractivity contribution in [2.24, 2.45) is 5.92 Å². The molecule has 0 saturated heterocycles. The summed E-state index contributed by atoms with van der Waals surface area (Å²) in [6.45, 7) is 4.00. The van der Waals surface area contributed by atoms with Gasteiger partial charge in [0.2, 0.25) is 5.91 Å². The van der Waals surface area contributed by atoms with E-state index in [1.807, 2.05) is 13.8 Å². The lowest BCUT2D eigenvalue weighted by molar-refractivity contribution is -0.116. The molecule has 1 heterocycles. The second-order valence-corrected chi connectivity index (χ2v) is 3.72. The normalized spacial score (nSPS) is 10.1. The Morgan fingerprint density at radius 2 is 2.33 bits per heavy atom.